The summed E-state index contributed by atoms with van der Waals surface area (Å²) >= 11 is 0. The molecular formula is C16H21N3O2. The van der Waals surface area contributed by atoms with Crippen LogP contribution in [0.25, 0.3) is 0 Å². The number of carbonyl (C=O) groups is 1. The van der Waals surface area contributed by atoms with Crippen molar-refractivity contribution in [3.05, 3.63) is 30.3 Å². The van der Waals surface area contributed by atoms with Crippen molar-refractivity contribution in [2.24, 2.45) is 0 Å². The third-order valence-corrected chi connectivity index (χ3v) is 3.63. The Morgan fingerprint density at radius 3 is 2.57 bits per heavy atom. The molecule has 0 radical (unpaired) electrons. The number of nitrogens with zero attached hydrogens (tertiary/aromatic N) is 3. The van der Waals surface area contributed by atoms with E-state index in [-0.39, 0.29) is 5.91 Å². The number of rotatable bonds is 5. The van der Waals surface area contributed by atoms with Gasteiger partial charge < -0.3 is 9.64 Å². The van der Waals surface area contributed by atoms with Gasteiger partial charge in [0, 0.05) is 39.1 Å². The molecule has 5 nitrogen and oxygen atoms in total. The first-order valence-corrected chi connectivity index (χ1v) is 7.30. The average molecular weight is 287 g/mol. The molecule has 1 amide bonds. The summed E-state index contributed by atoms with van der Waals surface area (Å²) in [4.78, 5) is 16.4. The van der Waals surface area contributed by atoms with Gasteiger partial charge in [-0.25, -0.2) is 0 Å². The number of amides is 1. The monoisotopic (exact) mass is 287 g/mol. The second kappa shape index (κ2) is 7.65. The first-order valence-electron chi connectivity index (χ1n) is 7.30. The van der Waals surface area contributed by atoms with Gasteiger partial charge in [0.1, 0.15) is 5.75 Å². The van der Waals surface area contributed by atoms with Crippen LogP contribution in [0.4, 0.5) is 0 Å². The zero-order valence-electron chi connectivity index (χ0n) is 12.4. The standard InChI is InChI=1S/C16H21N3O2/c1-14(21-15-6-3-2-4-7-15)16(20)19-12-10-18(11-13-19)9-5-8-17/h2-4,6-7,14H,5,9-13H2,1H3. The molecule has 1 aliphatic rings. The number of piperazine rings is 1. The number of carbonyl (C=O) groups excluding carboxylic acids is 1. The normalized spacial score (nSPS) is 17.0. The molecule has 0 aromatic heterocycles. The van der Waals surface area contributed by atoms with Gasteiger partial charge in [-0.1, -0.05) is 18.2 Å². The molecular weight excluding hydrogens is 266 g/mol. The van der Waals surface area contributed by atoms with Crippen LogP contribution in [0.15, 0.2) is 30.3 Å². The largest absolute Gasteiger partial charge is 0.481 e. The van der Waals surface area contributed by atoms with Crippen LogP contribution < -0.4 is 4.74 Å². The minimum atomic E-state index is -0.474. The smallest absolute Gasteiger partial charge is 0.263 e. The lowest BCUT2D eigenvalue weighted by molar-refractivity contribution is -0.139. The number of benzene rings is 1. The van der Waals surface area contributed by atoms with Crippen molar-refractivity contribution in [3.63, 3.8) is 0 Å². The Kier molecular flexibility index (Phi) is 5.59. The first-order chi connectivity index (χ1) is 10.2. The molecule has 112 valence electrons. The fraction of sp³-hybridized carbons (Fsp3) is 0.500. The van der Waals surface area contributed by atoms with E-state index >= 15 is 0 Å². The van der Waals surface area contributed by atoms with E-state index in [1.165, 1.54) is 0 Å². The first kappa shape index (κ1) is 15.3. The van der Waals surface area contributed by atoms with Gasteiger partial charge in [-0.2, -0.15) is 5.26 Å². The second-order valence-corrected chi connectivity index (χ2v) is 5.15. The molecule has 5 heteroatoms. The molecule has 0 aliphatic carbocycles. The van der Waals surface area contributed by atoms with Crippen molar-refractivity contribution < 1.29 is 9.53 Å². The van der Waals surface area contributed by atoms with E-state index in [1.54, 1.807) is 6.92 Å². The molecule has 1 saturated heterocycles. The van der Waals surface area contributed by atoms with E-state index in [2.05, 4.69) is 11.0 Å². The number of hydrogen-bond donors (Lipinski definition) is 0. The summed E-state index contributed by atoms with van der Waals surface area (Å²) in [7, 11) is 0. The lowest BCUT2D eigenvalue weighted by atomic mass is 10.2. The van der Waals surface area contributed by atoms with Gasteiger partial charge in [-0.3, -0.25) is 9.69 Å². The van der Waals surface area contributed by atoms with Gasteiger partial charge in [0.2, 0.25) is 0 Å². The summed E-state index contributed by atoms with van der Waals surface area (Å²) in [5, 5.41) is 8.59. The molecule has 1 atom stereocenters. The summed E-state index contributed by atoms with van der Waals surface area (Å²) in [6.45, 7) is 5.63. The molecule has 0 saturated carbocycles. The highest BCUT2D eigenvalue weighted by Gasteiger charge is 2.25. The molecule has 1 aromatic carbocycles. The van der Waals surface area contributed by atoms with Crippen LogP contribution in [0, 0.1) is 11.3 Å². The lowest BCUT2D eigenvalue weighted by Gasteiger charge is -2.35. The van der Waals surface area contributed by atoms with Crippen LogP contribution in [-0.4, -0.2) is 54.5 Å². The van der Waals surface area contributed by atoms with Crippen molar-refractivity contribution in [2.45, 2.75) is 19.4 Å². The molecule has 2 rings (SSSR count). The highest BCUT2D eigenvalue weighted by Crippen LogP contribution is 2.13. The topological polar surface area (TPSA) is 56.6 Å². The van der Waals surface area contributed by atoms with Crippen LogP contribution >= 0.6 is 0 Å². The highest BCUT2D eigenvalue weighted by atomic mass is 16.5. The van der Waals surface area contributed by atoms with Gasteiger partial charge in [0.05, 0.1) is 6.07 Å². The molecule has 1 heterocycles. The van der Waals surface area contributed by atoms with Gasteiger partial charge >= 0.3 is 0 Å². The SMILES string of the molecule is CC(Oc1ccccc1)C(=O)N1CCN(CCC#N)CC1. The summed E-state index contributed by atoms with van der Waals surface area (Å²) < 4.78 is 5.67. The fourth-order valence-corrected chi connectivity index (χ4v) is 2.41. The molecule has 0 spiro atoms. The zero-order valence-corrected chi connectivity index (χ0v) is 12.4. The fourth-order valence-electron chi connectivity index (χ4n) is 2.41. The van der Waals surface area contributed by atoms with E-state index in [4.69, 9.17) is 10.00 Å². The third kappa shape index (κ3) is 4.47. The average Bonchev–Trinajstić information content (AvgIpc) is 2.53. The Morgan fingerprint density at radius 1 is 1.29 bits per heavy atom. The second-order valence-electron chi connectivity index (χ2n) is 5.15. The maximum absolute atomic E-state index is 12.4. The van der Waals surface area contributed by atoms with Crippen molar-refractivity contribution in [2.75, 3.05) is 32.7 Å². The van der Waals surface area contributed by atoms with Crippen molar-refractivity contribution in [1.29, 1.82) is 5.26 Å². The van der Waals surface area contributed by atoms with Crippen LogP contribution in [0.3, 0.4) is 0 Å². The number of hydrogen-bond acceptors (Lipinski definition) is 4. The Hall–Kier alpha value is -2.06. The van der Waals surface area contributed by atoms with E-state index < -0.39 is 6.10 Å². The van der Waals surface area contributed by atoms with Crippen molar-refractivity contribution in [3.8, 4) is 11.8 Å². The van der Waals surface area contributed by atoms with E-state index in [1.807, 2.05) is 35.2 Å². The minimum Gasteiger partial charge on any atom is -0.481 e. The Morgan fingerprint density at radius 2 is 1.95 bits per heavy atom. The van der Waals surface area contributed by atoms with Gasteiger partial charge in [-0.15, -0.1) is 0 Å². The zero-order chi connectivity index (χ0) is 15.1. The molecule has 1 unspecified atom stereocenters. The minimum absolute atomic E-state index is 0.0267. The molecule has 0 bridgehead atoms. The van der Waals surface area contributed by atoms with Gasteiger partial charge in [0.25, 0.3) is 5.91 Å². The Bertz CT molecular complexity index is 490. The van der Waals surface area contributed by atoms with E-state index in [0.29, 0.717) is 25.3 Å². The summed E-state index contributed by atoms with van der Waals surface area (Å²) in [6, 6.07) is 11.5. The predicted octanol–water partition coefficient (Wildman–Crippen LogP) is 1.51. The van der Waals surface area contributed by atoms with Gasteiger partial charge in [0.15, 0.2) is 6.10 Å². The molecule has 0 N–H and O–H groups in total. The molecule has 1 aliphatic heterocycles. The number of nitriles is 1. The van der Waals surface area contributed by atoms with Crippen LogP contribution in [0.2, 0.25) is 0 Å². The molecule has 1 fully saturated rings. The number of ether oxygens (including phenoxy) is 1. The molecule has 1 aromatic rings. The molecule has 21 heavy (non-hydrogen) atoms. The van der Waals surface area contributed by atoms with E-state index in [9.17, 15) is 4.79 Å². The van der Waals surface area contributed by atoms with E-state index in [0.717, 1.165) is 19.6 Å². The van der Waals surface area contributed by atoms with Crippen LogP contribution in [0.1, 0.15) is 13.3 Å². The summed E-state index contributed by atoms with van der Waals surface area (Å²) in [6.07, 6.45) is 0.0691. The van der Waals surface area contributed by atoms with Crippen LogP contribution in [-0.2, 0) is 4.79 Å². The predicted molar refractivity (Wildman–Crippen MR) is 79.8 cm³/mol. The maximum Gasteiger partial charge on any atom is 0.263 e. The summed E-state index contributed by atoms with van der Waals surface area (Å²) in [5.41, 5.74) is 0. The highest BCUT2D eigenvalue weighted by molar-refractivity contribution is 5.81. The lowest BCUT2D eigenvalue weighted by Crippen LogP contribution is -2.51. The van der Waals surface area contributed by atoms with Crippen LogP contribution in [0.5, 0.6) is 5.75 Å². The van der Waals surface area contributed by atoms with Gasteiger partial charge in [-0.05, 0) is 19.1 Å². The Balaban J connectivity index is 1.80. The number of para-hydroxylation sites is 1. The maximum atomic E-state index is 12.4. The third-order valence-electron chi connectivity index (χ3n) is 3.63. The van der Waals surface area contributed by atoms with Crippen molar-refractivity contribution in [1.82, 2.24) is 9.80 Å². The van der Waals surface area contributed by atoms with Crippen molar-refractivity contribution >= 4 is 5.91 Å². The Labute approximate surface area is 125 Å². The quantitative estimate of drug-likeness (QED) is 0.824. The summed E-state index contributed by atoms with van der Waals surface area (Å²) in [5.74, 6) is 0.741.